The fourth-order valence-electron chi connectivity index (χ4n) is 2.86. The second kappa shape index (κ2) is 5.88. The predicted molar refractivity (Wildman–Crippen MR) is 83.1 cm³/mol. The maximum atomic E-state index is 6.14. The lowest BCUT2D eigenvalue weighted by Gasteiger charge is -2.37. The summed E-state index contributed by atoms with van der Waals surface area (Å²) in [5.74, 6) is 0.814. The Morgan fingerprint density at radius 3 is 2.05 bits per heavy atom. The summed E-state index contributed by atoms with van der Waals surface area (Å²) < 4.78 is 0. The fraction of sp³-hybridized carbons (Fsp3) is 0.667. The van der Waals surface area contributed by atoms with Crippen molar-refractivity contribution in [1.82, 2.24) is 4.98 Å². The van der Waals surface area contributed by atoms with E-state index < -0.39 is 0 Å². The van der Waals surface area contributed by atoms with Crippen LogP contribution in [-0.4, -0.2) is 11.0 Å². The molecule has 106 valence electrons. The van der Waals surface area contributed by atoms with Crippen LogP contribution in [0.5, 0.6) is 0 Å². The van der Waals surface area contributed by atoms with Crippen LogP contribution in [0.4, 0.5) is 5.69 Å². The monoisotopic (exact) mass is 300 g/mol. The van der Waals surface area contributed by atoms with Crippen molar-refractivity contribution < 1.29 is 0 Å². The van der Waals surface area contributed by atoms with Gasteiger partial charge in [0.25, 0.3) is 0 Å². The Bertz CT molecular complexity index is 412. The zero-order chi connectivity index (χ0) is 14.0. The summed E-state index contributed by atoms with van der Waals surface area (Å²) in [4.78, 5) is 3.98. The SMILES string of the molecule is CC(C)(C)[C@H]1CC[C@@H](Nc2c(Cl)cncc2Cl)CC1. The van der Waals surface area contributed by atoms with Gasteiger partial charge in [0.15, 0.2) is 0 Å². The first-order valence-corrected chi connectivity index (χ1v) is 7.69. The summed E-state index contributed by atoms with van der Waals surface area (Å²) in [6, 6.07) is 0.469. The molecule has 0 unspecified atom stereocenters. The van der Waals surface area contributed by atoms with E-state index in [1.807, 2.05) is 0 Å². The number of aromatic nitrogens is 1. The quantitative estimate of drug-likeness (QED) is 0.790. The molecular formula is C15H22Cl2N2. The van der Waals surface area contributed by atoms with Crippen molar-refractivity contribution in [3.05, 3.63) is 22.4 Å². The number of rotatable bonds is 2. The molecule has 1 aromatic heterocycles. The molecule has 1 saturated carbocycles. The number of nitrogens with one attached hydrogen (secondary N) is 1. The van der Waals surface area contributed by atoms with Crippen LogP contribution >= 0.6 is 23.2 Å². The lowest BCUT2D eigenvalue weighted by molar-refractivity contribution is 0.173. The largest absolute Gasteiger partial charge is 0.380 e. The normalized spacial score (nSPS) is 24.3. The van der Waals surface area contributed by atoms with E-state index in [1.54, 1.807) is 12.4 Å². The average molecular weight is 301 g/mol. The van der Waals surface area contributed by atoms with E-state index in [0.717, 1.165) is 11.6 Å². The molecule has 1 aliphatic rings. The molecule has 0 atom stereocenters. The third kappa shape index (κ3) is 3.76. The molecule has 1 aromatic rings. The third-order valence-corrected chi connectivity index (χ3v) is 4.73. The number of halogens is 2. The summed E-state index contributed by atoms with van der Waals surface area (Å²) in [5.41, 5.74) is 1.24. The van der Waals surface area contributed by atoms with E-state index in [2.05, 4.69) is 31.1 Å². The van der Waals surface area contributed by atoms with Gasteiger partial charge in [-0.25, -0.2) is 0 Å². The number of pyridine rings is 1. The van der Waals surface area contributed by atoms with Crippen molar-refractivity contribution in [3.8, 4) is 0 Å². The topological polar surface area (TPSA) is 24.9 Å². The summed E-state index contributed by atoms with van der Waals surface area (Å²) in [5, 5.41) is 4.69. The molecule has 0 amide bonds. The van der Waals surface area contributed by atoms with Gasteiger partial charge in [0.1, 0.15) is 0 Å². The highest BCUT2D eigenvalue weighted by atomic mass is 35.5. The molecule has 0 aliphatic heterocycles. The van der Waals surface area contributed by atoms with Crippen LogP contribution in [0.15, 0.2) is 12.4 Å². The number of nitrogens with zero attached hydrogens (tertiary/aromatic N) is 1. The number of hydrogen-bond donors (Lipinski definition) is 1. The molecule has 4 heteroatoms. The first-order chi connectivity index (χ1) is 8.88. The minimum Gasteiger partial charge on any atom is -0.380 e. The van der Waals surface area contributed by atoms with Crippen molar-refractivity contribution >= 4 is 28.9 Å². The van der Waals surface area contributed by atoms with Gasteiger partial charge in [-0.15, -0.1) is 0 Å². The van der Waals surface area contributed by atoms with Crippen LogP contribution in [-0.2, 0) is 0 Å². The molecule has 19 heavy (non-hydrogen) atoms. The maximum absolute atomic E-state index is 6.14. The highest BCUT2D eigenvalue weighted by Crippen LogP contribution is 2.39. The second-order valence-corrected chi connectivity index (χ2v) is 7.35. The molecule has 2 rings (SSSR count). The van der Waals surface area contributed by atoms with Crippen LogP contribution in [0, 0.1) is 11.3 Å². The molecule has 0 bridgehead atoms. The molecular weight excluding hydrogens is 279 g/mol. The average Bonchev–Trinajstić information content (AvgIpc) is 2.33. The zero-order valence-electron chi connectivity index (χ0n) is 11.8. The van der Waals surface area contributed by atoms with Crippen molar-refractivity contribution in [3.63, 3.8) is 0 Å². The Morgan fingerprint density at radius 2 is 1.58 bits per heavy atom. The lowest BCUT2D eigenvalue weighted by Crippen LogP contribution is -2.31. The van der Waals surface area contributed by atoms with Crippen LogP contribution in [0.25, 0.3) is 0 Å². The third-order valence-electron chi connectivity index (χ3n) is 4.15. The van der Waals surface area contributed by atoms with Crippen LogP contribution in [0.2, 0.25) is 10.0 Å². The van der Waals surface area contributed by atoms with Crippen molar-refractivity contribution in [1.29, 1.82) is 0 Å². The van der Waals surface area contributed by atoms with Gasteiger partial charge < -0.3 is 5.32 Å². The smallest absolute Gasteiger partial charge is 0.0836 e. The van der Waals surface area contributed by atoms with E-state index in [0.29, 0.717) is 21.5 Å². The van der Waals surface area contributed by atoms with Gasteiger partial charge >= 0.3 is 0 Å². The minimum atomic E-state index is 0.414. The molecule has 0 aromatic carbocycles. The molecule has 1 aliphatic carbocycles. The Morgan fingerprint density at radius 1 is 1.05 bits per heavy atom. The highest BCUT2D eigenvalue weighted by molar-refractivity contribution is 6.38. The van der Waals surface area contributed by atoms with Crippen molar-refractivity contribution in [2.75, 3.05) is 5.32 Å². The minimum absolute atomic E-state index is 0.414. The first kappa shape index (κ1) is 14.9. The van der Waals surface area contributed by atoms with E-state index in [-0.39, 0.29) is 0 Å². The van der Waals surface area contributed by atoms with Gasteiger partial charge in [0.2, 0.25) is 0 Å². The van der Waals surface area contributed by atoms with Crippen LogP contribution < -0.4 is 5.32 Å². The van der Waals surface area contributed by atoms with Gasteiger partial charge in [0, 0.05) is 18.4 Å². The highest BCUT2D eigenvalue weighted by Gasteiger charge is 2.29. The Kier molecular flexibility index (Phi) is 4.62. The van der Waals surface area contributed by atoms with Gasteiger partial charge in [-0.1, -0.05) is 44.0 Å². The molecule has 2 nitrogen and oxygen atoms in total. The van der Waals surface area contributed by atoms with Crippen LogP contribution in [0.1, 0.15) is 46.5 Å². The summed E-state index contributed by atoms with van der Waals surface area (Å²) in [6.45, 7) is 7.01. The predicted octanol–water partition coefficient (Wildman–Crippen LogP) is 5.41. The van der Waals surface area contributed by atoms with E-state index in [9.17, 15) is 0 Å². The van der Waals surface area contributed by atoms with E-state index >= 15 is 0 Å². The Labute approximate surface area is 125 Å². The molecule has 1 fully saturated rings. The second-order valence-electron chi connectivity index (χ2n) is 6.54. The molecule has 0 saturated heterocycles. The molecule has 0 spiro atoms. The lowest BCUT2D eigenvalue weighted by atomic mass is 9.71. The molecule has 1 heterocycles. The summed E-state index contributed by atoms with van der Waals surface area (Å²) >= 11 is 12.3. The van der Waals surface area contributed by atoms with E-state index in [4.69, 9.17) is 23.2 Å². The summed E-state index contributed by atoms with van der Waals surface area (Å²) in [6.07, 6.45) is 8.16. The number of anilines is 1. The maximum Gasteiger partial charge on any atom is 0.0836 e. The van der Waals surface area contributed by atoms with Gasteiger partial charge in [0.05, 0.1) is 15.7 Å². The Hall–Kier alpha value is -0.470. The zero-order valence-corrected chi connectivity index (χ0v) is 13.4. The standard InChI is InChI=1S/C15H22Cl2N2/c1-15(2,3)10-4-6-11(7-5-10)19-14-12(16)8-18-9-13(14)17/h8-11H,4-7H2,1-3H3,(H,18,19)/t10-,11+. The molecule has 1 N–H and O–H groups in total. The van der Waals surface area contributed by atoms with Crippen molar-refractivity contribution in [2.45, 2.75) is 52.5 Å². The number of hydrogen-bond acceptors (Lipinski definition) is 2. The molecule has 0 radical (unpaired) electrons. The van der Waals surface area contributed by atoms with Gasteiger partial charge in [-0.2, -0.15) is 0 Å². The van der Waals surface area contributed by atoms with Crippen molar-refractivity contribution in [2.24, 2.45) is 11.3 Å². The van der Waals surface area contributed by atoms with E-state index in [1.165, 1.54) is 25.7 Å². The fourth-order valence-corrected chi connectivity index (χ4v) is 3.33. The Balaban J connectivity index is 1.96. The first-order valence-electron chi connectivity index (χ1n) is 6.93. The van der Waals surface area contributed by atoms with Crippen LogP contribution in [0.3, 0.4) is 0 Å². The van der Waals surface area contributed by atoms with Gasteiger partial charge in [-0.3, -0.25) is 4.98 Å². The van der Waals surface area contributed by atoms with Gasteiger partial charge in [-0.05, 0) is 37.0 Å². The summed E-state index contributed by atoms with van der Waals surface area (Å²) in [7, 11) is 0.